The third-order valence-corrected chi connectivity index (χ3v) is 11.0. The van der Waals surface area contributed by atoms with Gasteiger partial charge in [-0.1, -0.05) is 6.92 Å². The van der Waals surface area contributed by atoms with Crippen LogP contribution in [0.2, 0.25) is 0 Å². The van der Waals surface area contributed by atoms with Gasteiger partial charge < -0.3 is 14.4 Å². The van der Waals surface area contributed by atoms with Crippen molar-refractivity contribution in [2.24, 2.45) is 0 Å². The van der Waals surface area contributed by atoms with E-state index in [2.05, 4.69) is 23.6 Å². The van der Waals surface area contributed by atoms with E-state index in [0.29, 0.717) is 29.0 Å². The van der Waals surface area contributed by atoms with E-state index in [-0.39, 0.29) is 36.6 Å². The molecule has 222 valence electrons. The third kappa shape index (κ3) is 7.94. The number of methoxy groups -OCH3 is 1. The maximum Gasteiger partial charge on any atom is 0.248 e. The molecule has 0 bridgehead atoms. The second-order valence-corrected chi connectivity index (χ2v) is 13.2. The van der Waals surface area contributed by atoms with E-state index < -0.39 is 10.0 Å². The number of benzene rings is 1. The second kappa shape index (κ2) is 14.3. The molecule has 1 amide bonds. The van der Waals surface area contributed by atoms with Gasteiger partial charge in [0.05, 0.1) is 18.6 Å². The molecule has 10 heteroatoms. The number of aryl methyl sites for hydroxylation is 2. The number of carbonyl (C=O) groups is 1. The smallest absolute Gasteiger partial charge is 0.248 e. The van der Waals surface area contributed by atoms with Gasteiger partial charge >= 0.3 is 0 Å². The fraction of sp³-hybridized carbons (Fsp3) is 0.759. The van der Waals surface area contributed by atoms with Crippen molar-refractivity contribution in [2.75, 3.05) is 67.1 Å². The summed E-state index contributed by atoms with van der Waals surface area (Å²) in [5.41, 5.74) is 1.28. The van der Waals surface area contributed by atoms with Gasteiger partial charge in [-0.2, -0.15) is 4.31 Å². The standard InChI is InChI=1S/C29H50N4O5S/c1-8-24(4)32-13-15-33(16-14-32)26-11-9-25(10-12-26)31(6)28(34)21-38-18-17-30(5)39(35,36)29-22(2)19-27(37-7)20-23(29)3/h19-20,24-26H,8-18,21H2,1-7H3/t24?,25-,26-. The Morgan fingerprint density at radius 2 is 1.64 bits per heavy atom. The molecule has 0 radical (unpaired) electrons. The Kier molecular flexibility index (Phi) is 11.6. The Morgan fingerprint density at radius 1 is 1.05 bits per heavy atom. The molecule has 1 unspecified atom stereocenters. The molecule has 39 heavy (non-hydrogen) atoms. The molecule has 9 nitrogen and oxygen atoms in total. The van der Waals surface area contributed by atoms with Crippen molar-refractivity contribution in [3.63, 3.8) is 0 Å². The lowest BCUT2D eigenvalue weighted by molar-refractivity contribution is -0.137. The average molecular weight is 567 g/mol. The summed E-state index contributed by atoms with van der Waals surface area (Å²) in [6.07, 6.45) is 5.48. The fourth-order valence-electron chi connectivity index (χ4n) is 5.98. The number of carbonyl (C=O) groups excluding carboxylic acids is 1. The van der Waals surface area contributed by atoms with Crippen LogP contribution in [0.5, 0.6) is 5.75 Å². The van der Waals surface area contributed by atoms with Gasteiger partial charge in [0.15, 0.2) is 0 Å². The summed E-state index contributed by atoms with van der Waals surface area (Å²) in [6, 6.07) is 4.97. The van der Waals surface area contributed by atoms with Crippen LogP contribution in [0.1, 0.15) is 57.1 Å². The van der Waals surface area contributed by atoms with Crippen molar-refractivity contribution < 1.29 is 22.7 Å². The SMILES string of the molecule is CCC(C)N1CCN([C@H]2CC[C@H](N(C)C(=O)COCCN(C)S(=O)(=O)c3c(C)cc(OC)cc3C)CC2)CC1. The summed E-state index contributed by atoms with van der Waals surface area (Å²) in [7, 11) is 1.28. The maximum atomic E-state index is 13.2. The van der Waals surface area contributed by atoms with E-state index >= 15 is 0 Å². The largest absolute Gasteiger partial charge is 0.497 e. The van der Waals surface area contributed by atoms with Gasteiger partial charge in [0.1, 0.15) is 12.4 Å². The zero-order valence-electron chi connectivity index (χ0n) is 25.1. The van der Waals surface area contributed by atoms with Crippen LogP contribution in [0, 0.1) is 13.8 Å². The van der Waals surface area contributed by atoms with Gasteiger partial charge in [0.25, 0.3) is 0 Å². The highest BCUT2D eigenvalue weighted by Gasteiger charge is 2.32. The van der Waals surface area contributed by atoms with Gasteiger partial charge in [-0.25, -0.2) is 8.42 Å². The number of nitrogens with zero attached hydrogens (tertiary/aromatic N) is 4. The van der Waals surface area contributed by atoms with Crippen molar-refractivity contribution >= 4 is 15.9 Å². The monoisotopic (exact) mass is 566 g/mol. The summed E-state index contributed by atoms with van der Waals surface area (Å²) < 4.78 is 38.5. The Balaban J connectivity index is 1.39. The van der Waals surface area contributed by atoms with Crippen molar-refractivity contribution in [2.45, 2.75) is 82.8 Å². The van der Waals surface area contributed by atoms with E-state index in [1.165, 1.54) is 10.7 Å². The molecule has 1 heterocycles. The Morgan fingerprint density at radius 3 is 2.18 bits per heavy atom. The van der Waals surface area contributed by atoms with Gasteiger partial charge in [-0.05, 0) is 76.1 Å². The summed E-state index contributed by atoms with van der Waals surface area (Å²) in [5, 5.41) is 0. The highest BCUT2D eigenvalue weighted by molar-refractivity contribution is 7.89. The molecule has 1 saturated carbocycles. The topological polar surface area (TPSA) is 82.6 Å². The average Bonchev–Trinajstić information content (AvgIpc) is 2.93. The molecule has 0 aromatic heterocycles. The summed E-state index contributed by atoms with van der Waals surface area (Å²) in [4.78, 5) is 20.2. The molecule has 1 saturated heterocycles. The molecule has 2 fully saturated rings. The molecule has 1 atom stereocenters. The molecule has 1 aromatic rings. The first-order chi connectivity index (χ1) is 18.5. The van der Waals surface area contributed by atoms with Crippen LogP contribution in [0.25, 0.3) is 0 Å². The number of amides is 1. The lowest BCUT2D eigenvalue weighted by Crippen LogP contribution is -2.54. The predicted molar refractivity (Wildman–Crippen MR) is 155 cm³/mol. The first kappa shape index (κ1) is 31.8. The first-order valence-corrected chi connectivity index (χ1v) is 15.9. The number of sulfonamides is 1. The zero-order chi connectivity index (χ0) is 28.7. The number of hydrogen-bond acceptors (Lipinski definition) is 7. The summed E-state index contributed by atoms with van der Waals surface area (Å²) in [5.74, 6) is 0.582. The molecule has 1 aliphatic carbocycles. The lowest BCUT2D eigenvalue weighted by atomic mass is 9.89. The van der Waals surface area contributed by atoms with Crippen molar-refractivity contribution in [3.8, 4) is 5.75 Å². The third-order valence-electron chi connectivity index (χ3n) is 8.80. The number of hydrogen-bond donors (Lipinski definition) is 0. The van der Waals surface area contributed by atoms with Crippen LogP contribution in [0.15, 0.2) is 17.0 Å². The number of likely N-dealkylation sites (N-methyl/N-ethyl adjacent to an activating group) is 2. The minimum atomic E-state index is -3.69. The van der Waals surface area contributed by atoms with Gasteiger partial charge in [-0.3, -0.25) is 14.6 Å². The van der Waals surface area contributed by atoms with Crippen LogP contribution in [-0.2, 0) is 19.6 Å². The Labute approximate surface area is 236 Å². The lowest BCUT2D eigenvalue weighted by Gasteiger charge is -2.44. The minimum absolute atomic E-state index is 0.0392. The van der Waals surface area contributed by atoms with E-state index in [0.717, 1.165) is 51.9 Å². The van der Waals surface area contributed by atoms with E-state index in [9.17, 15) is 13.2 Å². The minimum Gasteiger partial charge on any atom is -0.497 e. The van der Waals surface area contributed by atoms with Crippen molar-refractivity contribution in [1.82, 2.24) is 19.0 Å². The van der Waals surface area contributed by atoms with Crippen LogP contribution < -0.4 is 4.74 Å². The van der Waals surface area contributed by atoms with Gasteiger partial charge in [0.2, 0.25) is 15.9 Å². The van der Waals surface area contributed by atoms with E-state index in [4.69, 9.17) is 9.47 Å². The molecule has 1 aliphatic heterocycles. The molecular formula is C29H50N4O5S. The van der Waals surface area contributed by atoms with Crippen LogP contribution in [0.4, 0.5) is 0 Å². The fourth-order valence-corrected chi connectivity index (χ4v) is 7.54. The Hall–Kier alpha value is -1.72. The molecule has 3 rings (SSSR count). The molecule has 0 N–H and O–H groups in total. The Bertz CT molecular complexity index is 1030. The van der Waals surface area contributed by atoms with Crippen molar-refractivity contribution in [3.05, 3.63) is 23.3 Å². The maximum absolute atomic E-state index is 13.2. The quantitative estimate of drug-likeness (QED) is 0.360. The van der Waals surface area contributed by atoms with Crippen LogP contribution in [0.3, 0.4) is 0 Å². The highest BCUT2D eigenvalue weighted by atomic mass is 32.2. The second-order valence-electron chi connectivity index (χ2n) is 11.3. The van der Waals surface area contributed by atoms with Crippen molar-refractivity contribution in [1.29, 1.82) is 0 Å². The molecule has 1 aromatic carbocycles. The molecule has 2 aliphatic rings. The zero-order valence-corrected chi connectivity index (χ0v) is 25.9. The van der Waals surface area contributed by atoms with E-state index in [1.807, 2.05) is 11.9 Å². The number of rotatable bonds is 12. The predicted octanol–water partition coefficient (Wildman–Crippen LogP) is 3.13. The van der Waals surface area contributed by atoms with Gasteiger partial charge in [-0.15, -0.1) is 0 Å². The summed E-state index contributed by atoms with van der Waals surface area (Å²) in [6.45, 7) is 13.0. The number of ether oxygens (including phenoxy) is 2. The van der Waals surface area contributed by atoms with Crippen LogP contribution in [-0.4, -0.2) is 119 Å². The summed E-state index contributed by atoms with van der Waals surface area (Å²) >= 11 is 0. The van der Waals surface area contributed by atoms with Gasteiger partial charge in [0, 0.05) is 64.9 Å². The molecular weight excluding hydrogens is 516 g/mol. The first-order valence-electron chi connectivity index (χ1n) is 14.4. The molecule has 0 spiro atoms. The highest BCUT2D eigenvalue weighted by Crippen LogP contribution is 2.29. The van der Waals surface area contributed by atoms with Crippen LogP contribution >= 0.6 is 0 Å². The normalized spacial score (nSPS) is 22.2. The number of piperazine rings is 1. The van der Waals surface area contributed by atoms with E-state index in [1.54, 1.807) is 40.1 Å².